The molecule has 2 nitrogen and oxygen atoms in total. The van der Waals surface area contributed by atoms with Crippen LogP contribution >= 0.6 is 0 Å². The maximum atomic E-state index is 13.0. The highest BCUT2D eigenvalue weighted by Gasteiger charge is 2.10. The Balaban J connectivity index is 1.99. The number of aryl methyl sites for hydroxylation is 1. The van der Waals surface area contributed by atoms with Crippen molar-refractivity contribution in [1.82, 2.24) is 8.97 Å². The number of imidazole rings is 1. The largest absolute Gasteiger partial charge is 0.329 e. The Kier molecular flexibility index (Phi) is 2.24. The maximum Gasteiger partial charge on any atom is 0.123 e. The summed E-state index contributed by atoms with van der Waals surface area (Å²) in [6.07, 6.45) is 2.10. The van der Waals surface area contributed by atoms with Gasteiger partial charge in [-0.25, -0.2) is 4.39 Å². The fourth-order valence-corrected chi connectivity index (χ4v) is 2.78. The fraction of sp³-hybridized carbons (Fsp3) is 0.0588. The van der Waals surface area contributed by atoms with E-state index in [0.29, 0.717) is 0 Å². The molecule has 0 aliphatic rings. The van der Waals surface area contributed by atoms with Crippen molar-refractivity contribution < 1.29 is 4.39 Å². The molecular weight excluding hydrogens is 251 g/mol. The Morgan fingerprint density at radius 1 is 0.850 bits per heavy atom. The molecule has 0 aliphatic carbocycles. The summed E-state index contributed by atoms with van der Waals surface area (Å²) in [7, 11) is 2.06. The van der Waals surface area contributed by atoms with Crippen molar-refractivity contribution in [3.05, 3.63) is 66.6 Å². The van der Waals surface area contributed by atoms with Gasteiger partial charge in [-0.15, -0.1) is 0 Å². The molecule has 0 unspecified atom stereocenters. The van der Waals surface area contributed by atoms with E-state index in [1.54, 1.807) is 0 Å². The first-order valence-corrected chi connectivity index (χ1v) is 6.55. The van der Waals surface area contributed by atoms with Gasteiger partial charge in [0.05, 0.1) is 11.0 Å². The standard InChI is InChI=1S/C17H13FN2/c1-19-15-4-2-3-5-16(15)20-11-13(10-17(19)20)12-6-8-14(18)9-7-12/h2-11H,1H3. The summed E-state index contributed by atoms with van der Waals surface area (Å²) < 4.78 is 17.4. The average Bonchev–Trinajstić information content (AvgIpc) is 3.01. The van der Waals surface area contributed by atoms with E-state index in [1.807, 2.05) is 24.3 Å². The van der Waals surface area contributed by atoms with E-state index in [4.69, 9.17) is 0 Å². The zero-order chi connectivity index (χ0) is 13.7. The molecule has 2 aromatic heterocycles. The first-order valence-electron chi connectivity index (χ1n) is 6.55. The SMILES string of the molecule is Cn1c2ccccc2n2cc(-c3ccc(F)cc3)cc12. The molecule has 0 fully saturated rings. The molecule has 0 N–H and O–H groups in total. The summed E-state index contributed by atoms with van der Waals surface area (Å²) in [4.78, 5) is 0. The Labute approximate surface area is 115 Å². The topological polar surface area (TPSA) is 9.34 Å². The van der Waals surface area contributed by atoms with Crippen molar-refractivity contribution in [2.45, 2.75) is 0 Å². The third-order valence-corrected chi connectivity index (χ3v) is 3.82. The lowest BCUT2D eigenvalue weighted by molar-refractivity contribution is 0.628. The summed E-state index contributed by atoms with van der Waals surface area (Å²) >= 11 is 0. The molecule has 4 rings (SSSR count). The molecule has 0 spiro atoms. The van der Waals surface area contributed by atoms with Crippen molar-refractivity contribution in [1.29, 1.82) is 0 Å². The van der Waals surface area contributed by atoms with Crippen LogP contribution < -0.4 is 0 Å². The summed E-state index contributed by atoms with van der Waals surface area (Å²) in [5, 5.41) is 0. The van der Waals surface area contributed by atoms with Crippen LogP contribution in [0.2, 0.25) is 0 Å². The first kappa shape index (κ1) is 11.3. The van der Waals surface area contributed by atoms with Gasteiger partial charge in [-0.3, -0.25) is 0 Å². The minimum Gasteiger partial charge on any atom is -0.329 e. The highest BCUT2D eigenvalue weighted by Crippen LogP contribution is 2.27. The Morgan fingerprint density at radius 3 is 2.30 bits per heavy atom. The van der Waals surface area contributed by atoms with Crippen LogP contribution in [0.15, 0.2) is 60.8 Å². The van der Waals surface area contributed by atoms with E-state index in [-0.39, 0.29) is 5.82 Å². The smallest absolute Gasteiger partial charge is 0.123 e. The second kappa shape index (κ2) is 3.97. The van der Waals surface area contributed by atoms with Gasteiger partial charge in [-0.2, -0.15) is 0 Å². The predicted molar refractivity (Wildman–Crippen MR) is 79.3 cm³/mol. The number of rotatable bonds is 1. The molecule has 98 valence electrons. The van der Waals surface area contributed by atoms with Gasteiger partial charge >= 0.3 is 0 Å². The number of hydrogen-bond donors (Lipinski definition) is 0. The molecular formula is C17H13FN2. The summed E-state index contributed by atoms with van der Waals surface area (Å²) in [6.45, 7) is 0. The maximum absolute atomic E-state index is 13.0. The molecule has 20 heavy (non-hydrogen) atoms. The second-order valence-corrected chi connectivity index (χ2v) is 5.01. The highest BCUT2D eigenvalue weighted by molar-refractivity contribution is 5.84. The molecule has 3 heteroatoms. The molecule has 4 aromatic rings. The summed E-state index contributed by atoms with van der Waals surface area (Å²) in [6, 6.07) is 17.1. The fourth-order valence-electron chi connectivity index (χ4n) is 2.78. The third kappa shape index (κ3) is 1.50. The zero-order valence-electron chi connectivity index (χ0n) is 11.0. The van der Waals surface area contributed by atoms with Gasteiger partial charge in [0.25, 0.3) is 0 Å². The third-order valence-electron chi connectivity index (χ3n) is 3.82. The Bertz CT molecular complexity index is 913. The van der Waals surface area contributed by atoms with E-state index in [1.165, 1.54) is 23.2 Å². The number of nitrogens with zero attached hydrogens (tertiary/aromatic N) is 2. The molecule has 0 amide bonds. The van der Waals surface area contributed by atoms with E-state index in [0.717, 1.165) is 16.8 Å². The molecule has 2 aromatic carbocycles. The zero-order valence-corrected chi connectivity index (χ0v) is 11.0. The molecule has 2 heterocycles. The molecule has 0 saturated heterocycles. The van der Waals surface area contributed by atoms with Gasteiger partial charge in [0.2, 0.25) is 0 Å². The minimum atomic E-state index is -0.206. The van der Waals surface area contributed by atoms with Gasteiger partial charge < -0.3 is 8.97 Å². The van der Waals surface area contributed by atoms with Gasteiger partial charge in [0, 0.05) is 18.8 Å². The van der Waals surface area contributed by atoms with E-state index in [2.05, 4.69) is 40.4 Å². The number of fused-ring (bicyclic) bond motifs is 3. The number of hydrogen-bond acceptors (Lipinski definition) is 0. The van der Waals surface area contributed by atoms with Crippen molar-refractivity contribution in [3.8, 4) is 11.1 Å². The number of benzene rings is 2. The van der Waals surface area contributed by atoms with Crippen LogP contribution in [0.4, 0.5) is 4.39 Å². The second-order valence-electron chi connectivity index (χ2n) is 5.01. The quantitative estimate of drug-likeness (QED) is 0.486. The molecule has 0 atom stereocenters. The van der Waals surface area contributed by atoms with Crippen molar-refractivity contribution >= 4 is 16.7 Å². The van der Waals surface area contributed by atoms with Crippen molar-refractivity contribution in [2.75, 3.05) is 0 Å². The van der Waals surface area contributed by atoms with Crippen LogP contribution in [0.25, 0.3) is 27.8 Å². The van der Waals surface area contributed by atoms with E-state index >= 15 is 0 Å². The van der Waals surface area contributed by atoms with Gasteiger partial charge in [-0.05, 0) is 35.9 Å². The van der Waals surface area contributed by atoms with Crippen LogP contribution in [-0.4, -0.2) is 8.97 Å². The lowest BCUT2D eigenvalue weighted by Gasteiger charge is -1.98. The normalized spacial score (nSPS) is 11.5. The molecule has 0 aliphatic heterocycles. The minimum absolute atomic E-state index is 0.206. The van der Waals surface area contributed by atoms with Crippen LogP contribution in [0.1, 0.15) is 0 Å². The first-order chi connectivity index (χ1) is 9.74. The van der Waals surface area contributed by atoms with E-state index in [9.17, 15) is 4.39 Å². The lowest BCUT2D eigenvalue weighted by atomic mass is 10.1. The number of halogens is 1. The summed E-state index contributed by atoms with van der Waals surface area (Å²) in [5.74, 6) is -0.206. The Morgan fingerprint density at radius 2 is 1.55 bits per heavy atom. The Hall–Kier alpha value is -2.55. The molecule has 0 saturated carbocycles. The summed E-state index contributed by atoms with van der Waals surface area (Å²) in [5.41, 5.74) is 5.64. The van der Waals surface area contributed by atoms with Gasteiger partial charge in [0.1, 0.15) is 11.5 Å². The number of aromatic nitrogens is 2. The monoisotopic (exact) mass is 264 g/mol. The van der Waals surface area contributed by atoms with Crippen LogP contribution in [-0.2, 0) is 7.05 Å². The van der Waals surface area contributed by atoms with E-state index < -0.39 is 0 Å². The van der Waals surface area contributed by atoms with Crippen molar-refractivity contribution in [2.24, 2.45) is 7.05 Å². The lowest BCUT2D eigenvalue weighted by Crippen LogP contribution is -1.85. The van der Waals surface area contributed by atoms with Crippen molar-refractivity contribution in [3.63, 3.8) is 0 Å². The van der Waals surface area contributed by atoms with Gasteiger partial charge in [-0.1, -0.05) is 24.3 Å². The predicted octanol–water partition coefficient (Wildman–Crippen LogP) is 4.24. The number of para-hydroxylation sites is 2. The van der Waals surface area contributed by atoms with Gasteiger partial charge in [0.15, 0.2) is 0 Å². The van der Waals surface area contributed by atoms with Crippen LogP contribution in [0, 0.1) is 5.82 Å². The van der Waals surface area contributed by atoms with Crippen LogP contribution in [0.3, 0.4) is 0 Å². The molecule has 0 bridgehead atoms. The highest BCUT2D eigenvalue weighted by atomic mass is 19.1. The van der Waals surface area contributed by atoms with Crippen LogP contribution in [0.5, 0.6) is 0 Å². The molecule has 0 radical (unpaired) electrons. The average molecular weight is 264 g/mol.